The molecule has 10 heteroatoms. The Hall–Kier alpha value is -2.10. The Morgan fingerprint density at radius 3 is 1.00 bits per heavy atom. The molecule has 104 valence electrons. The van der Waals surface area contributed by atoms with Crippen molar-refractivity contribution in [3.05, 3.63) is 49.6 Å². The van der Waals surface area contributed by atoms with Crippen molar-refractivity contribution in [3.63, 3.8) is 0 Å². The minimum atomic E-state index is -1.72. The maximum atomic E-state index is 4.45. The van der Waals surface area contributed by atoms with E-state index in [4.69, 9.17) is 0 Å². The summed E-state index contributed by atoms with van der Waals surface area (Å²) < 4.78 is 0. The van der Waals surface area contributed by atoms with Gasteiger partial charge < -0.3 is 19.9 Å². The van der Waals surface area contributed by atoms with Gasteiger partial charge in [0, 0.05) is 49.6 Å². The number of H-pyrrole nitrogens is 4. The Balaban J connectivity index is 0.00000144. The Morgan fingerprint density at radius 2 is 0.818 bits per heavy atom. The zero-order valence-electron chi connectivity index (χ0n) is 12.0. The summed E-state index contributed by atoms with van der Waals surface area (Å²) in [6.07, 6.45) is 12.2. The number of imidazole rings is 4. The van der Waals surface area contributed by atoms with E-state index < -0.39 is 6.15 Å². The third-order valence-electron chi connectivity index (χ3n) is 3.72. The van der Waals surface area contributed by atoms with Crippen molar-refractivity contribution in [2.24, 2.45) is 0 Å². The summed E-state index contributed by atoms with van der Waals surface area (Å²) in [5, 5.41) is 0. The van der Waals surface area contributed by atoms with E-state index in [1.54, 1.807) is 49.6 Å². The van der Waals surface area contributed by atoms with Crippen molar-refractivity contribution in [1.82, 2.24) is 39.9 Å². The van der Waals surface area contributed by atoms with Crippen molar-refractivity contribution in [2.45, 2.75) is 0 Å². The molecule has 0 aromatic carbocycles. The summed E-state index contributed by atoms with van der Waals surface area (Å²) in [7, 11) is 0. The van der Waals surface area contributed by atoms with Crippen LogP contribution in [0.5, 0.6) is 0 Å². The molecule has 0 aliphatic rings. The molecule has 0 radical (unpaired) electrons. The zero-order chi connectivity index (χ0) is 14.1. The molecule has 0 spiro atoms. The fraction of sp³-hybridized carbons (Fsp3) is 0. The van der Waals surface area contributed by atoms with E-state index in [1.807, 2.05) is 0 Å². The molecule has 4 aromatic rings. The molecular weight excluding hydrogens is 290 g/mol. The smallest absolute Gasteiger partial charge is 0.383 e. The Bertz CT molecular complexity index is 649. The van der Waals surface area contributed by atoms with Crippen molar-refractivity contribution in [1.29, 1.82) is 0 Å². The number of hydrogen-bond donors (Lipinski definition) is 4. The van der Waals surface area contributed by atoms with Crippen LogP contribution in [0.15, 0.2) is 49.6 Å². The third kappa shape index (κ3) is 2.05. The van der Waals surface area contributed by atoms with Crippen LogP contribution in [0, 0.1) is 0 Å². The van der Waals surface area contributed by atoms with Gasteiger partial charge >= 0.3 is 29.6 Å². The van der Waals surface area contributed by atoms with Gasteiger partial charge in [-0.05, 0) is 22.9 Å². The second-order valence-electron chi connectivity index (χ2n) is 4.76. The van der Waals surface area contributed by atoms with Gasteiger partial charge in [0.15, 0.2) is 0 Å². The van der Waals surface area contributed by atoms with E-state index in [0.717, 1.165) is 22.9 Å². The SMILES string of the molecule is [Na+].c1c[nH]c([B-](c2ncc[nH]2)(c2ncc[nH]2)c2ncc[nH]2)n1. The number of rotatable bonds is 4. The molecule has 22 heavy (non-hydrogen) atoms. The fourth-order valence-electron chi connectivity index (χ4n) is 2.83. The molecule has 4 N–H and O–H groups in total. The van der Waals surface area contributed by atoms with Crippen LogP contribution in [-0.2, 0) is 0 Å². The van der Waals surface area contributed by atoms with Crippen molar-refractivity contribution in [2.75, 3.05) is 0 Å². The van der Waals surface area contributed by atoms with Crippen LogP contribution >= 0.6 is 0 Å². The minimum Gasteiger partial charge on any atom is -0.383 e. The van der Waals surface area contributed by atoms with E-state index >= 15 is 0 Å². The molecule has 4 rings (SSSR count). The molecular formula is C12H12BN8Na. The van der Waals surface area contributed by atoms with Crippen LogP contribution in [0.1, 0.15) is 0 Å². The van der Waals surface area contributed by atoms with Crippen LogP contribution in [0.2, 0.25) is 0 Å². The van der Waals surface area contributed by atoms with Crippen LogP contribution in [0.3, 0.4) is 0 Å². The molecule has 0 fully saturated rings. The summed E-state index contributed by atoms with van der Waals surface area (Å²) in [6.45, 7) is 0. The standard InChI is InChI=1S/C12H12BN8.Na/c1-2-15-9(14-1)13(10-16-3-4-17-10,11-18-5-6-19-11)12-20-7-8-21-12;/h1-8H,(H,14,15)(H,16,17)(H,18,19)(H,20,21);/q-1;+1. The quantitative estimate of drug-likeness (QED) is 0.282. The maximum Gasteiger partial charge on any atom is 1.00 e. The third-order valence-corrected chi connectivity index (χ3v) is 3.72. The second-order valence-corrected chi connectivity index (χ2v) is 4.76. The number of aromatic nitrogens is 8. The predicted octanol–water partition coefficient (Wildman–Crippen LogP) is -5.04. The number of nitrogens with one attached hydrogen (secondary N) is 4. The van der Waals surface area contributed by atoms with Gasteiger partial charge in [-0.3, -0.25) is 19.9 Å². The first-order chi connectivity index (χ1) is 10.4. The fourth-order valence-corrected chi connectivity index (χ4v) is 2.83. The van der Waals surface area contributed by atoms with Gasteiger partial charge in [0.1, 0.15) is 0 Å². The number of hydrogen-bond acceptors (Lipinski definition) is 4. The largest absolute Gasteiger partial charge is 1.00 e. The molecule has 8 nitrogen and oxygen atoms in total. The zero-order valence-corrected chi connectivity index (χ0v) is 14.0. The Morgan fingerprint density at radius 1 is 0.545 bits per heavy atom. The van der Waals surface area contributed by atoms with Crippen LogP contribution in [-0.4, -0.2) is 46.0 Å². The minimum absolute atomic E-state index is 0. The van der Waals surface area contributed by atoms with E-state index in [2.05, 4.69) is 39.9 Å². The average molecular weight is 302 g/mol. The molecule has 0 aliphatic heterocycles. The van der Waals surface area contributed by atoms with Crippen molar-refractivity contribution < 1.29 is 29.6 Å². The molecule has 0 bridgehead atoms. The van der Waals surface area contributed by atoms with E-state index in [1.165, 1.54) is 0 Å². The predicted molar refractivity (Wildman–Crippen MR) is 78.6 cm³/mol. The molecule has 0 saturated heterocycles. The van der Waals surface area contributed by atoms with Gasteiger partial charge in [-0.25, -0.2) is 0 Å². The maximum absolute atomic E-state index is 4.45. The van der Waals surface area contributed by atoms with Gasteiger partial charge in [0.05, 0.1) is 0 Å². The Labute approximate surface area is 147 Å². The molecule has 0 unspecified atom stereocenters. The van der Waals surface area contributed by atoms with Gasteiger partial charge in [-0.15, -0.1) is 0 Å². The van der Waals surface area contributed by atoms with Gasteiger partial charge in [-0.2, -0.15) is 0 Å². The van der Waals surface area contributed by atoms with Gasteiger partial charge in [0.2, 0.25) is 0 Å². The average Bonchev–Trinajstić information content (AvgIpc) is 3.32. The molecule has 0 aliphatic carbocycles. The molecule has 4 heterocycles. The molecule has 0 atom stereocenters. The first kappa shape index (κ1) is 14.8. The first-order valence-electron chi connectivity index (χ1n) is 6.57. The molecule has 0 amide bonds. The van der Waals surface area contributed by atoms with Gasteiger partial charge in [0.25, 0.3) is 6.15 Å². The topological polar surface area (TPSA) is 115 Å². The molecule has 4 aromatic heterocycles. The van der Waals surface area contributed by atoms with E-state index in [9.17, 15) is 0 Å². The van der Waals surface area contributed by atoms with Gasteiger partial charge in [-0.1, -0.05) is 0 Å². The van der Waals surface area contributed by atoms with Crippen LogP contribution in [0.25, 0.3) is 0 Å². The number of aromatic amines is 4. The second kappa shape index (κ2) is 5.95. The van der Waals surface area contributed by atoms with E-state index in [-0.39, 0.29) is 29.6 Å². The summed E-state index contributed by atoms with van der Waals surface area (Å²) >= 11 is 0. The summed E-state index contributed by atoms with van der Waals surface area (Å²) in [5.41, 5.74) is 2.93. The monoisotopic (exact) mass is 302 g/mol. The first-order valence-corrected chi connectivity index (χ1v) is 6.57. The summed E-state index contributed by atoms with van der Waals surface area (Å²) in [5.74, 6) is 0. The Kier molecular flexibility index (Phi) is 4.01. The summed E-state index contributed by atoms with van der Waals surface area (Å²) in [4.78, 5) is 30.5. The van der Waals surface area contributed by atoms with Crippen LogP contribution < -0.4 is 52.5 Å². The van der Waals surface area contributed by atoms with E-state index in [0.29, 0.717) is 0 Å². The number of nitrogens with zero attached hydrogens (tertiary/aromatic N) is 4. The molecule has 0 saturated carbocycles. The van der Waals surface area contributed by atoms with Crippen LogP contribution in [0.4, 0.5) is 0 Å². The van der Waals surface area contributed by atoms with Crippen molar-refractivity contribution in [3.8, 4) is 0 Å². The normalized spacial score (nSPS) is 11.3. The summed E-state index contributed by atoms with van der Waals surface area (Å²) in [6, 6.07) is 0. The van der Waals surface area contributed by atoms with Crippen molar-refractivity contribution >= 4 is 29.0 Å².